The molecule has 0 heterocycles. The zero-order chi connectivity index (χ0) is 10.3. The Kier molecular flexibility index (Phi) is 6.17. The van der Waals surface area contributed by atoms with Crippen molar-refractivity contribution in [2.45, 2.75) is 39.7 Å². The average Bonchev–Trinajstić information content (AvgIpc) is 2.04. The van der Waals surface area contributed by atoms with Crippen LogP contribution in [0, 0.1) is 11.3 Å². The van der Waals surface area contributed by atoms with E-state index in [-0.39, 0.29) is 11.8 Å². The zero-order valence-corrected chi connectivity index (χ0v) is 8.71. The maximum absolute atomic E-state index is 10.9. The van der Waals surface area contributed by atoms with Crippen LogP contribution < -0.4 is 0 Å². The van der Waals surface area contributed by atoms with Gasteiger partial charge in [0, 0.05) is 25.4 Å². The van der Waals surface area contributed by atoms with Gasteiger partial charge in [-0.1, -0.05) is 6.92 Å². The van der Waals surface area contributed by atoms with E-state index in [1.165, 1.54) is 0 Å². The minimum atomic E-state index is 0.211. The zero-order valence-electron chi connectivity index (χ0n) is 8.71. The topological polar surface area (TPSA) is 44.1 Å². The highest BCUT2D eigenvalue weighted by atomic mass is 16.1. The predicted octanol–water partition coefficient (Wildman–Crippen LogP) is 1.59. The SMILES string of the molecule is CCN(CCC#N)C(C)CC(C)=O. The molecule has 3 heteroatoms. The molecule has 0 aromatic heterocycles. The van der Waals surface area contributed by atoms with Crippen molar-refractivity contribution in [3.8, 4) is 6.07 Å². The summed E-state index contributed by atoms with van der Waals surface area (Å²) in [6.45, 7) is 7.35. The highest BCUT2D eigenvalue weighted by Crippen LogP contribution is 2.04. The molecule has 0 amide bonds. The molecule has 0 rings (SSSR count). The fourth-order valence-electron chi connectivity index (χ4n) is 1.43. The molecular formula is C10H18N2O. The maximum Gasteiger partial charge on any atom is 0.131 e. The molecule has 0 aliphatic rings. The highest BCUT2D eigenvalue weighted by Gasteiger charge is 2.12. The molecule has 1 atom stereocenters. The first-order chi connectivity index (χ1) is 6.11. The van der Waals surface area contributed by atoms with Gasteiger partial charge in [0.25, 0.3) is 0 Å². The number of ketones is 1. The van der Waals surface area contributed by atoms with Crippen LogP contribution in [-0.2, 0) is 4.79 Å². The molecule has 0 saturated heterocycles. The van der Waals surface area contributed by atoms with Crippen LogP contribution in [-0.4, -0.2) is 29.8 Å². The number of carbonyl (C=O) groups excluding carboxylic acids is 1. The Morgan fingerprint density at radius 2 is 2.23 bits per heavy atom. The van der Waals surface area contributed by atoms with Crippen molar-refractivity contribution in [1.29, 1.82) is 5.26 Å². The summed E-state index contributed by atoms with van der Waals surface area (Å²) in [7, 11) is 0. The van der Waals surface area contributed by atoms with Crippen LogP contribution in [0.3, 0.4) is 0 Å². The summed E-state index contributed by atoms with van der Waals surface area (Å²) >= 11 is 0. The van der Waals surface area contributed by atoms with Crippen LogP contribution in [0.5, 0.6) is 0 Å². The molecule has 3 nitrogen and oxygen atoms in total. The van der Waals surface area contributed by atoms with Crippen molar-refractivity contribution in [3.05, 3.63) is 0 Å². The first-order valence-corrected chi connectivity index (χ1v) is 4.72. The Balaban J connectivity index is 3.92. The molecule has 0 N–H and O–H groups in total. The predicted molar refractivity (Wildman–Crippen MR) is 52.2 cm³/mol. The third kappa shape index (κ3) is 5.37. The molecule has 13 heavy (non-hydrogen) atoms. The number of hydrogen-bond acceptors (Lipinski definition) is 3. The lowest BCUT2D eigenvalue weighted by atomic mass is 10.1. The van der Waals surface area contributed by atoms with Gasteiger partial charge in [-0.15, -0.1) is 0 Å². The summed E-state index contributed by atoms with van der Waals surface area (Å²) in [5.74, 6) is 0.211. The lowest BCUT2D eigenvalue weighted by molar-refractivity contribution is -0.118. The second-order valence-electron chi connectivity index (χ2n) is 3.29. The van der Waals surface area contributed by atoms with E-state index in [0.717, 1.165) is 13.1 Å². The maximum atomic E-state index is 10.9. The molecule has 0 aliphatic heterocycles. The lowest BCUT2D eigenvalue weighted by Crippen LogP contribution is -2.34. The van der Waals surface area contributed by atoms with Crippen LogP contribution >= 0.6 is 0 Å². The van der Waals surface area contributed by atoms with E-state index in [1.807, 2.05) is 13.8 Å². The van der Waals surface area contributed by atoms with Crippen molar-refractivity contribution in [2.24, 2.45) is 0 Å². The Morgan fingerprint density at radius 1 is 1.62 bits per heavy atom. The number of nitriles is 1. The third-order valence-corrected chi connectivity index (χ3v) is 2.12. The van der Waals surface area contributed by atoms with Gasteiger partial charge in [0.05, 0.1) is 6.07 Å². The molecule has 74 valence electrons. The number of carbonyl (C=O) groups is 1. The van der Waals surface area contributed by atoms with Crippen LogP contribution in [0.4, 0.5) is 0 Å². The van der Waals surface area contributed by atoms with Gasteiger partial charge in [-0.05, 0) is 20.4 Å². The second kappa shape index (κ2) is 6.62. The number of rotatable bonds is 6. The van der Waals surface area contributed by atoms with E-state index in [2.05, 4.69) is 11.0 Å². The van der Waals surface area contributed by atoms with Crippen LogP contribution in [0.1, 0.15) is 33.6 Å². The van der Waals surface area contributed by atoms with Gasteiger partial charge < -0.3 is 0 Å². The van der Waals surface area contributed by atoms with Crippen LogP contribution in [0.15, 0.2) is 0 Å². The summed E-state index contributed by atoms with van der Waals surface area (Å²) in [6.07, 6.45) is 1.12. The highest BCUT2D eigenvalue weighted by molar-refractivity contribution is 5.76. The molecular weight excluding hydrogens is 164 g/mol. The summed E-state index contributed by atoms with van der Waals surface area (Å²) in [5, 5.41) is 8.43. The molecule has 0 aromatic carbocycles. The summed E-state index contributed by atoms with van der Waals surface area (Å²) < 4.78 is 0. The Morgan fingerprint density at radius 3 is 2.62 bits per heavy atom. The van der Waals surface area contributed by atoms with Crippen LogP contribution in [0.25, 0.3) is 0 Å². The van der Waals surface area contributed by atoms with Crippen molar-refractivity contribution < 1.29 is 4.79 Å². The first-order valence-electron chi connectivity index (χ1n) is 4.72. The van der Waals surface area contributed by atoms with E-state index >= 15 is 0 Å². The fraction of sp³-hybridized carbons (Fsp3) is 0.800. The minimum absolute atomic E-state index is 0.211. The largest absolute Gasteiger partial charge is 0.300 e. The van der Waals surface area contributed by atoms with Crippen molar-refractivity contribution in [3.63, 3.8) is 0 Å². The van der Waals surface area contributed by atoms with Crippen LogP contribution in [0.2, 0.25) is 0 Å². The van der Waals surface area contributed by atoms with Gasteiger partial charge in [0.2, 0.25) is 0 Å². The molecule has 0 radical (unpaired) electrons. The van der Waals surface area contributed by atoms with Gasteiger partial charge in [0.1, 0.15) is 5.78 Å². The van der Waals surface area contributed by atoms with E-state index < -0.39 is 0 Å². The minimum Gasteiger partial charge on any atom is -0.300 e. The van der Waals surface area contributed by atoms with Gasteiger partial charge >= 0.3 is 0 Å². The smallest absolute Gasteiger partial charge is 0.131 e. The molecule has 0 aromatic rings. The van der Waals surface area contributed by atoms with E-state index in [1.54, 1.807) is 6.92 Å². The lowest BCUT2D eigenvalue weighted by Gasteiger charge is -2.25. The molecule has 0 saturated carbocycles. The summed E-state index contributed by atoms with van der Waals surface area (Å²) in [4.78, 5) is 13.0. The van der Waals surface area contributed by atoms with Crippen molar-refractivity contribution in [1.82, 2.24) is 4.90 Å². The van der Waals surface area contributed by atoms with Crippen molar-refractivity contribution in [2.75, 3.05) is 13.1 Å². The van der Waals surface area contributed by atoms with Gasteiger partial charge in [-0.2, -0.15) is 5.26 Å². The molecule has 0 spiro atoms. The average molecular weight is 182 g/mol. The first kappa shape index (κ1) is 12.1. The number of hydrogen-bond donors (Lipinski definition) is 0. The van der Waals surface area contributed by atoms with E-state index in [9.17, 15) is 4.79 Å². The monoisotopic (exact) mass is 182 g/mol. The molecule has 0 bridgehead atoms. The van der Waals surface area contributed by atoms with Gasteiger partial charge in [-0.3, -0.25) is 9.69 Å². The normalized spacial score (nSPS) is 12.5. The van der Waals surface area contributed by atoms with Crippen molar-refractivity contribution >= 4 is 5.78 Å². The second-order valence-corrected chi connectivity index (χ2v) is 3.29. The molecule has 1 unspecified atom stereocenters. The standard InChI is InChI=1S/C10H18N2O/c1-4-12(7-5-6-11)9(2)8-10(3)13/h9H,4-5,7-8H2,1-3H3. The van der Waals surface area contributed by atoms with E-state index in [4.69, 9.17) is 5.26 Å². The molecule has 0 fully saturated rings. The quantitative estimate of drug-likeness (QED) is 0.626. The third-order valence-electron chi connectivity index (χ3n) is 2.12. The summed E-state index contributed by atoms with van der Waals surface area (Å²) in [6, 6.07) is 2.37. The fourth-order valence-corrected chi connectivity index (χ4v) is 1.43. The Labute approximate surface area is 80.3 Å². The molecule has 0 aliphatic carbocycles. The Hall–Kier alpha value is -0.880. The van der Waals surface area contributed by atoms with Gasteiger partial charge in [0.15, 0.2) is 0 Å². The van der Waals surface area contributed by atoms with E-state index in [0.29, 0.717) is 12.8 Å². The van der Waals surface area contributed by atoms with Gasteiger partial charge in [-0.25, -0.2) is 0 Å². The number of Topliss-reactive ketones (excluding diaryl/α,β-unsaturated/α-hetero) is 1. The number of nitrogens with zero attached hydrogens (tertiary/aromatic N) is 2. The Bertz CT molecular complexity index is 196. The summed E-state index contributed by atoms with van der Waals surface area (Å²) in [5.41, 5.74) is 0.